The smallest absolute Gasteiger partial charge is 0.870 e. The molecule has 24 heteroatoms. The van der Waals surface area contributed by atoms with E-state index in [1.54, 1.807) is 11.8 Å². The minimum Gasteiger partial charge on any atom is -0.870 e. The number of aliphatic hydroxyl groups excluding tert-OH is 1. The Hall–Kier alpha value is -1.06. The monoisotopic (exact) mass is 1870 g/mol. The average molecular weight is 1870 g/mol. The number of thiol groups is 1. The summed E-state index contributed by atoms with van der Waals surface area (Å²) in [6.07, 6.45) is 58.4. The van der Waals surface area contributed by atoms with Crippen LogP contribution in [0.4, 0.5) is 0 Å². The maximum Gasteiger partial charge on any atom is 1.00 e. The number of carboxylic acids is 3. The summed E-state index contributed by atoms with van der Waals surface area (Å²) < 4.78 is 13.3. The molecule has 712 valence electrons. The van der Waals surface area contributed by atoms with Gasteiger partial charge in [-0.15, -0.1) is 0 Å². The molecule has 1 amide bonds. The molecule has 0 saturated carbocycles. The number of amides is 1. The number of allylic oxidation sites excluding steroid dienone is 5. The van der Waals surface area contributed by atoms with Crippen LogP contribution in [-0.4, -0.2) is 148 Å². The molecule has 9 N–H and O–H groups in total. The topological polar surface area (TPSA) is 325 Å². The van der Waals surface area contributed by atoms with Crippen LogP contribution in [0.2, 0.25) is 0 Å². The molecule has 1 aliphatic heterocycles. The van der Waals surface area contributed by atoms with Crippen LogP contribution >= 0.6 is 52.1 Å². The molecule has 122 heavy (non-hydrogen) atoms. The zero-order valence-electron chi connectivity index (χ0n) is 81.3. The number of hydrogen-bond donors (Lipinski definition) is 7. The largest absolute Gasteiger partial charge is 1.00 e. The number of carbonyl (C=O) groups is 6. The normalized spacial score (nSPS) is 15.0. The fraction of sp³-hybridized carbons (Fsp3) is 0.847. The first-order valence-electron chi connectivity index (χ1n) is 46.0. The van der Waals surface area contributed by atoms with Crippen LogP contribution in [-0.2, 0) is 47.8 Å². The standard InChI is InChI=1S/C27H48NO5S.C23H45NO2S.C20H39Br.C20H40O.C4H4O4.C3H7NO2S.CH4.2Na.H2O/c1-21(2)9-6-10-22(3)11-7-12-23(4)13-8-14-24(5)15-18-34-20-25(27(31)32)28-26(30)19-33-17-16-29;1-18(2)9-6-10-19(3)11-7-12-20(4)13-8-14-21(5)15-16-27-17-22(24)23(25)26;2*1-17(2)9-6-10-18(3)11-7-12-19(4)13-8-14-20(5)15-16-21;5-3-1-7-2-4(6)8-3;4-2(1-7)3(5)6;;;;/h15,21-23,25H,6-14,17-20H2,1-5H3,(H,28,30)(H,31,32);15,18-20,22H,6-14,16-17,24H2,1-5H3,(H,25,26);15,17-19H,6-14,16H2,1-5H3;15,17-19,21H,6-14,16H2,1-5H3;1-2H2;2,7H,1,4H2,(H,5,6);1H4;;;1H2/q-1;;;;;;;2*+1;/p-2/b24-15+;21-15+;2*20-15+;;;;;;. The van der Waals surface area contributed by atoms with Crippen LogP contribution in [0.1, 0.15) is 377 Å². The number of carbonyl (C=O) groups excluding carboxylic acids is 5. The number of aliphatic hydroxyl groups is 1. The molecular weight excluding hydrogens is 1680 g/mol. The maximum atomic E-state index is 11.6. The first-order chi connectivity index (χ1) is 55.7. The predicted molar refractivity (Wildman–Crippen MR) is 519 cm³/mol. The van der Waals surface area contributed by atoms with Crippen molar-refractivity contribution in [1.29, 1.82) is 0 Å². The second-order valence-corrected chi connectivity index (χ2v) is 39.7. The third-order valence-corrected chi connectivity index (χ3v) is 24.3. The molecule has 1 fully saturated rings. The third-order valence-electron chi connectivity index (χ3n) is 21.6. The number of esters is 2. The molecule has 0 radical (unpaired) electrons. The van der Waals surface area contributed by atoms with Gasteiger partial charge >= 0.3 is 83.0 Å². The van der Waals surface area contributed by atoms with Crippen molar-refractivity contribution >= 4 is 94.1 Å². The Labute approximate surface area is 816 Å². The van der Waals surface area contributed by atoms with Crippen LogP contribution in [0.25, 0.3) is 0 Å². The zero-order valence-corrected chi connectivity index (χ0v) is 89.4. The first kappa shape index (κ1) is 139. The van der Waals surface area contributed by atoms with Crippen LogP contribution in [0, 0.1) is 71.0 Å². The molecule has 0 spiro atoms. The number of rotatable bonds is 67. The van der Waals surface area contributed by atoms with E-state index in [-0.39, 0.29) is 117 Å². The molecule has 18 nitrogen and oxygen atoms in total. The van der Waals surface area contributed by atoms with E-state index in [1.165, 1.54) is 252 Å². The molecule has 0 aliphatic carbocycles. The van der Waals surface area contributed by atoms with Gasteiger partial charge in [0, 0.05) is 34.1 Å². The fourth-order valence-electron chi connectivity index (χ4n) is 13.5. The second kappa shape index (κ2) is 97.5. The molecule has 11 atom stereocenters. The Morgan fingerprint density at radius 2 is 0.754 bits per heavy atom. The van der Waals surface area contributed by atoms with E-state index in [9.17, 15) is 38.7 Å². The van der Waals surface area contributed by atoms with Gasteiger partial charge in [0.05, 0.1) is 18.6 Å². The van der Waals surface area contributed by atoms with Crippen molar-refractivity contribution < 1.29 is 133 Å². The SMILES string of the molecule is C.C/C(=C\CBr)CCCC(C)CCCC(C)CCCC(C)C.C/C(=C\CO)CCCC(C)CCCC(C)CCCC(C)C.C/C(=C\CSCC(N)C(=O)O)CCCC(C)CCCC(C)CCCC(C)C.C/C(=C\CSCC(NC(=O)COC[C-]=O)C(=O)[O-])CCCC(C)CCCC(C)CCCC(C)C.NC(CS)C(=O)O.O=C1COCC(=O)O1.[Na+].[Na+].[OH-]. The minimum atomic E-state index is -1.33. The van der Waals surface area contributed by atoms with E-state index in [2.05, 4.69) is 200 Å². The van der Waals surface area contributed by atoms with Gasteiger partial charge in [0.15, 0.2) is 0 Å². The maximum absolute atomic E-state index is 11.6. The summed E-state index contributed by atoms with van der Waals surface area (Å²) in [5.41, 5.74) is 16.0. The van der Waals surface area contributed by atoms with Gasteiger partial charge in [-0.1, -0.05) is 361 Å². The zero-order chi connectivity index (χ0) is 90.4. The number of alkyl halides is 1. The number of cyclic esters (lactones) is 2. The van der Waals surface area contributed by atoms with Gasteiger partial charge in [-0.05, 0) is 157 Å². The Morgan fingerprint density at radius 1 is 0.484 bits per heavy atom. The van der Waals surface area contributed by atoms with Crippen LogP contribution < -0.4 is 81.0 Å². The second-order valence-electron chi connectivity index (χ2n) is 36.5. The Bertz CT molecular complexity index is 2500. The summed E-state index contributed by atoms with van der Waals surface area (Å²) in [4.78, 5) is 73.5. The van der Waals surface area contributed by atoms with Gasteiger partial charge in [0.2, 0.25) is 5.91 Å². The van der Waals surface area contributed by atoms with Crippen molar-refractivity contribution in [2.24, 2.45) is 82.5 Å². The summed E-state index contributed by atoms with van der Waals surface area (Å²) in [5.74, 6) is 7.66. The van der Waals surface area contributed by atoms with E-state index in [1.807, 2.05) is 6.08 Å². The van der Waals surface area contributed by atoms with Crippen molar-refractivity contribution in [2.45, 2.75) is 395 Å². The molecule has 0 aromatic rings. The quantitative estimate of drug-likeness (QED) is 0.00435. The number of carboxylic acid groups (broad SMARTS) is 3. The van der Waals surface area contributed by atoms with Crippen molar-refractivity contribution in [3.05, 3.63) is 46.6 Å². The third kappa shape index (κ3) is 108. The van der Waals surface area contributed by atoms with Crippen LogP contribution in [0.15, 0.2) is 46.6 Å². The number of nitrogens with one attached hydrogen (secondary N) is 1. The molecule has 0 aromatic carbocycles. The molecule has 1 aliphatic rings. The van der Waals surface area contributed by atoms with E-state index in [0.29, 0.717) is 11.5 Å². The van der Waals surface area contributed by atoms with Crippen LogP contribution in [0.5, 0.6) is 0 Å². The van der Waals surface area contributed by atoms with Gasteiger partial charge in [0.25, 0.3) is 0 Å². The number of nitrogens with two attached hydrogens (primary N) is 2. The predicted octanol–water partition coefficient (Wildman–Crippen LogP) is 18.0. The van der Waals surface area contributed by atoms with E-state index < -0.39 is 53.9 Å². The van der Waals surface area contributed by atoms with Crippen molar-refractivity contribution in [3.63, 3.8) is 0 Å². The van der Waals surface area contributed by atoms with E-state index >= 15 is 0 Å². The van der Waals surface area contributed by atoms with Crippen molar-refractivity contribution in [1.82, 2.24) is 5.32 Å². The number of thioether (sulfide) groups is 2. The minimum absolute atomic E-state index is 0. The molecule has 1 rings (SSSR count). The van der Waals surface area contributed by atoms with E-state index in [0.717, 1.165) is 101 Å². The number of halogens is 1. The van der Waals surface area contributed by atoms with E-state index in [4.69, 9.17) is 31.5 Å². The molecule has 0 aromatic heterocycles. The number of aliphatic carboxylic acids is 3. The Morgan fingerprint density at radius 3 is 0.984 bits per heavy atom. The number of ether oxygens (including phenoxy) is 3. The average Bonchev–Trinajstić information content (AvgIpc) is 0.952. The summed E-state index contributed by atoms with van der Waals surface area (Å²) in [5, 5.41) is 40.2. The summed E-state index contributed by atoms with van der Waals surface area (Å²) in [6, 6.07) is -2.65. The first-order valence-corrected chi connectivity index (χ1v) is 50.1. The van der Waals surface area contributed by atoms with Crippen LogP contribution in [0.3, 0.4) is 0 Å². The summed E-state index contributed by atoms with van der Waals surface area (Å²) >= 11 is 10.1. The van der Waals surface area contributed by atoms with Gasteiger partial charge in [-0.3, -0.25) is 14.4 Å². The summed E-state index contributed by atoms with van der Waals surface area (Å²) in [7, 11) is 0. The molecule has 1 heterocycles. The van der Waals surface area contributed by atoms with Crippen molar-refractivity contribution in [2.75, 3.05) is 67.1 Å². The van der Waals surface area contributed by atoms with Gasteiger partial charge < -0.3 is 66.5 Å². The molecule has 1 saturated heterocycles. The number of hydrogen-bond acceptors (Lipinski definition) is 18. The molecule has 0 bridgehead atoms. The Balaban J connectivity index is -0.000000188. The molecule has 11 unspecified atom stereocenters. The fourth-order valence-corrected chi connectivity index (χ4v) is 16.1. The van der Waals surface area contributed by atoms with Gasteiger partial charge in [-0.2, -0.15) is 36.2 Å². The summed E-state index contributed by atoms with van der Waals surface area (Å²) in [6.45, 7) is 45.8. The van der Waals surface area contributed by atoms with Gasteiger partial charge in [0.1, 0.15) is 31.9 Å². The van der Waals surface area contributed by atoms with Crippen molar-refractivity contribution in [3.8, 4) is 0 Å². The Kier molecular flexibility index (Phi) is 111. The van der Waals surface area contributed by atoms with Gasteiger partial charge in [-0.25, -0.2) is 15.9 Å². The molecular formula is C98H187BrN3Na2O15S3-.